The summed E-state index contributed by atoms with van der Waals surface area (Å²) in [6, 6.07) is 13.6. The molecule has 4 heteroatoms. The molecule has 2 unspecified atom stereocenters. The van der Waals surface area contributed by atoms with Crippen LogP contribution in [0.4, 0.5) is 0 Å². The highest BCUT2D eigenvalue weighted by molar-refractivity contribution is 8.00. The molecule has 2 aromatic rings. The third-order valence-corrected chi connectivity index (χ3v) is 5.19. The van der Waals surface area contributed by atoms with Crippen LogP contribution in [-0.4, -0.2) is 13.1 Å². The molecule has 2 aromatic carbocycles. The molecular weight excluding hydrogens is 272 g/mol. The lowest BCUT2D eigenvalue weighted by molar-refractivity contribution is -0.137. The summed E-state index contributed by atoms with van der Waals surface area (Å²) in [5, 5.41) is 0.106. The summed E-state index contributed by atoms with van der Waals surface area (Å²) < 4.78 is 10.7. The molecule has 0 saturated heterocycles. The van der Waals surface area contributed by atoms with Gasteiger partial charge >= 0.3 is 5.97 Å². The Labute approximate surface area is 120 Å². The van der Waals surface area contributed by atoms with E-state index in [4.69, 9.17) is 9.47 Å². The van der Waals surface area contributed by atoms with Crippen molar-refractivity contribution in [2.24, 2.45) is 0 Å². The summed E-state index contributed by atoms with van der Waals surface area (Å²) in [7, 11) is 1.65. The van der Waals surface area contributed by atoms with Crippen LogP contribution >= 0.6 is 11.8 Å². The van der Waals surface area contributed by atoms with Crippen molar-refractivity contribution in [3.63, 3.8) is 0 Å². The minimum absolute atomic E-state index is 0.106. The highest BCUT2D eigenvalue weighted by Gasteiger charge is 2.45. The topological polar surface area (TPSA) is 35.5 Å². The average molecular weight is 284 g/mol. The second-order valence-corrected chi connectivity index (χ2v) is 6.06. The van der Waals surface area contributed by atoms with E-state index in [1.54, 1.807) is 18.9 Å². The Morgan fingerprint density at radius 2 is 2.00 bits per heavy atom. The van der Waals surface area contributed by atoms with Crippen LogP contribution in [0.3, 0.4) is 0 Å². The van der Waals surface area contributed by atoms with Crippen molar-refractivity contribution in [2.75, 3.05) is 7.11 Å². The summed E-state index contributed by atoms with van der Waals surface area (Å²) in [4.78, 5) is 13.4. The molecule has 0 bridgehead atoms. The molecule has 4 rings (SSSR count). The highest BCUT2D eigenvalue weighted by Crippen LogP contribution is 2.58. The second-order valence-electron chi connectivity index (χ2n) is 4.88. The number of esters is 1. The molecule has 2 aliphatic rings. The molecule has 0 spiro atoms. The number of thioether (sulfide) groups is 1. The van der Waals surface area contributed by atoms with Gasteiger partial charge in [0.25, 0.3) is 0 Å². The molecule has 0 fully saturated rings. The normalized spacial score (nSPS) is 22.6. The largest absolute Gasteiger partial charge is 0.497 e. The molecule has 3 nitrogen and oxygen atoms in total. The molecule has 0 N–H and O–H groups in total. The number of fused-ring (bicyclic) bond motifs is 5. The van der Waals surface area contributed by atoms with E-state index in [2.05, 4.69) is 0 Å². The van der Waals surface area contributed by atoms with E-state index in [-0.39, 0.29) is 17.1 Å². The first-order chi connectivity index (χ1) is 9.78. The smallest absolute Gasteiger partial charge is 0.320 e. The van der Waals surface area contributed by atoms with Crippen LogP contribution in [0.15, 0.2) is 47.4 Å². The SMILES string of the molecule is COc1ccc2c(c1)SC1c3ccccc3OC(=O)C21. The quantitative estimate of drug-likeness (QED) is 0.592. The van der Waals surface area contributed by atoms with E-state index in [9.17, 15) is 4.79 Å². The lowest BCUT2D eigenvalue weighted by atomic mass is 9.89. The maximum Gasteiger partial charge on any atom is 0.320 e. The number of hydrogen-bond acceptors (Lipinski definition) is 4. The fourth-order valence-electron chi connectivity index (χ4n) is 2.84. The van der Waals surface area contributed by atoms with Gasteiger partial charge in [-0.3, -0.25) is 4.79 Å². The third kappa shape index (κ3) is 1.58. The fourth-order valence-corrected chi connectivity index (χ4v) is 4.35. The number of benzene rings is 2. The van der Waals surface area contributed by atoms with Crippen molar-refractivity contribution < 1.29 is 14.3 Å². The van der Waals surface area contributed by atoms with Crippen molar-refractivity contribution >= 4 is 17.7 Å². The van der Waals surface area contributed by atoms with E-state index in [1.165, 1.54) is 0 Å². The molecule has 20 heavy (non-hydrogen) atoms. The zero-order chi connectivity index (χ0) is 13.7. The van der Waals surface area contributed by atoms with E-state index >= 15 is 0 Å². The summed E-state index contributed by atoms with van der Waals surface area (Å²) >= 11 is 1.72. The molecule has 100 valence electrons. The first kappa shape index (κ1) is 11.9. The molecule has 0 aromatic heterocycles. The van der Waals surface area contributed by atoms with Gasteiger partial charge in [0.1, 0.15) is 11.5 Å². The summed E-state index contributed by atoms with van der Waals surface area (Å²) in [6.45, 7) is 0. The maximum atomic E-state index is 12.3. The Balaban J connectivity index is 1.85. The Hall–Kier alpha value is -1.94. The van der Waals surface area contributed by atoms with Gasteiger partial charge in [-0.25, -0.2) is 0 Å². The maximum absolute atomic E-state index is 12.3. The van der Waals surface area contributed by atoms with Crippen LogP contribution in [0.5, 0.6) is 11.5 Å². The van der Waals surface area contributed by atoms with Crippen molar-refractivity contribution in [3.8, 4) is 11.5 Å². The average Bonchev–Trinajstić information content (AvgIpc) is 2.86. The zero-order valence-corrected chi connectivity index (χ0v) is 11.6. The van der Waals surface area contributed by atoms with Crippen LogP contribution in [0.1, 0.15) is 22.3 Å². The first-order valence-electron chi connectivity index (χ1n) is 6.43. The number of carbonyl (C=O) groups is 1. The summed E-state index contributed by atoms with van der Waals surface area (Å²) in [6.07, 6.45) is 0. The van der Waals surface area contributed by atoms with Crippen molar-refractivity contribution in [2.45, 2.75) is 16.1 Å². The van der Waals surface area contributed by atoms with Gasteiger partial charge < -0.3 is 9.47 Å². The molecular formula is C16H12O3S. The number of hydrogen-bond donors (Lipinski definition) is 0. The standard InChI is InChI=1S/C16H12O3S/c1-18-9-6-7-11-13(8-9)20-15-10-4-2-3-5-12(10)19-16(17)14(11)15/h2-8,14-15H,1H3. The predicted molar refractivity (Wildman–Crippen MR) is 76.4 cm³/mol. The number of carbonyl (C=O) groups excluding carboxylic acids is 1. The molecule has 0 saturated carbocycles. The van der Waals surface area contributed by atoms with Crippen molar-refractivity contribution in [1.82, 2.24) is 0 Å². The number of ether oxygens (including phenoxy) is 2. The second kappa shape index (κ2) is 4.28. The van der Waals surface area contributed by atoms with Gasteiger partial charge in [0, 0.05) is 10.5 Å². The van der Waals surface area contributed by atoms with Crippen LogP contribution < -0.4 is 9.47 Å². The lowest BCUT2D eigenvalue weighted by Gasteiger charge is -2.26. The summed E-state index contributed by atoms with van der Waals surface area (Å²) in [5.74, 6) is 1.13. The van der Waals surface area contributed by atoms with Crippen LogP contribution in [0.25, 0.3) is 0 Å². The highest BCUT2D eigenvalue weighted by atomic mass is 32.2. The minimum atomic E-state index is -0.212. The zero-order valence-electron chi connectivity index (χ0n) is 10.8. The van der Waals surface area contributed by atoms with Gasteiger partial charge in [-0.15, -0.1) is 11.8 Å². The van der Waals surface area contributed by atoms with E-state index in [0.29, 0.717) is 5.75 Å². The Morgan fingerprint density at radius 1 is 1.15 bits per heavy atom. The van der Waals surface area contributed by atoms with E-state index < -0.39 is 0 Å². The van der Waals surface area contributed by atoms with Crippen molar-refractivity contribution in [3.05, 3.63) is 53.6 Å². The molecule has 2 heterocycles. The van der Waals surface area contributed by atoms with Gasteiger partial charge in [-0.2, -0.15) is 0 Å². The summed E-state index contributed by atoms with van der Waals surface area (Å²) in [5.41, 5.74) is 2.14. The van der Waals surface area contributed by atoms with Gasteiger partial charge in [-0.05, 0) is 23.8 Å². The van der Waals surface area contributed by atoms with E-state index in [0.717, 1.165) is 21.8 Å². The minimum Gasteiger partial charge on any atom is -0.497 e. The van der Waals surface area contributed by atoms with Crippen LogP contribution in [0.2, 0.25) is 0 Å². The monoisotopic (exact) mass is 284 g/mol. The van der Waals surface area contributed by atoms with Gasteiger partial charge in [0.15, 0.2) is 0 Å². The fraction of sp³-hybridized carbons (Fsp3) is 0.188. The Bertz CT molecular complexity index is 711. The predicted octanol–water partition coefficient (Wildman–Crippen LogP) is 3.54. The Morgan fingerprint density at radius 3 is 2.85 bits per heavy atom. The number of rotatable bonds is 1. The van der Waals surface area contributed by atoms with Crippen LogP contribution in [0, 0.1) is 0 Å². The molecule has 2 aliphatic heterocycles. The molecule has 0 aliphatic carbocycles. The van der Waals surface area contributed by atoms with Gasteiger partial charge in [0.05, 0.1) is 18.3 Å². The third-order valence-electron chi connectivity index (χ3n) is 3.80. The van der Waals surface area contributed by atoms with Crippen molar-refractivity contribution in [1.29, 1.82) is 0 Å². The molecule has 0 radical (unpaired) electrons. The first-order valence-corrected chi connectivity index (χ1v) is 7.31. The van der Waals surface area contributed by atoms with Crippen LogP contribution in [-0.2, 0) is 4.79 Å². The Kier molecular flexibility index (Phi) is 2.54. The number of para-hydroxylation sites is 1. The van der Waals surface area contributed by atoms with Gasteiger partial charge in [0.2, 0.25) is 0 Å². The number of methoxy groups -OCH3 is 1. The molecule has 0 amide bonds. The van der Waals surface area contributed by atoms with E-state index in [1.807, 2.05) is 42.5 Å². The molecule has 2 atom stereocenters. The lowest BCUT2D eigenvalue weighted by Crippen LogP contribution is -2.26. The van der Waals surface area contributed by atoms with Gasteiger partial charge in [-0.1, -0.05) is 24.3 Å².